The molecule has 19 heavy (non-hydrogen) atoms. The molecule has 2 heterocycles. The van der Waals surface area contributed by atoms with Crippen LogP contribution in [0.15, 0.2) is 0 Å². The molecule has 4 nitrogen and oxygen atoms in total. The minimum absolute atomic E-state index is 0.101. The van der Waals surface area contributed by atoms with Crippen molar-refractivity contribution < 1.29 is 22.7 Å². The smallest absolute Gasteiger partial charge is 0.381 e. The summed E-state index contributed by atoms with van der Waals surface area (Å²) >= 11 is 0. The molecular formula is C12H19F3N2O2. The second-order valence-electron chi connectivity index (χ2n) is 5.39. The number of hydrogen-bond donors (Lipinski definition) is 2. The second-order valence-corrected chi connectivity index (χ2v) is 5.39. The Morgan fingerprint density at radius 1 is 1.53 bits per heavy atom. The molecule has 2 aliphatic heterocycles. The Morgan fingerprint density at radius 3 is 2.74 bits per heavy atom. The van der Waals surface area contributed by atoms with E-state index < -0.39 is 17.5 Å². The van der Waals surface area contributed by atoms with Gasteiger partial charge in [-0.25, -0.2) is 0 Å². The standard InChI is InChI=1S/C12H19F3N2O2/c1-8(9-2-5-19-6-9)17-10(18)11(12(13,14)15)3-4-16-7-11/h8-9,16H,2-7H2,1H3,(H,17,18). The normalized spacial score (nSPS) is 33.4. The van der Waals surface area contributed by atoms with Crippen LogP contribution in [0, 0.1) is 11.3 Å². The fourth-order valence-electron chi connectivity index (χ4n) is 2.67. The molecule has 0 aliphatic carbocycles. The summed E-state index contributed by atoms with van der Waals surface area (Å²) in [7, 11) is 0. The molecular weight excluding hydrogens is 261 g/mol. The summed E-state index contributed by atoms with van der Waals surface area (Å²) in [5.74, 6) is -0.812. The molecule has 2 aliphatic rings. The highest BCUT2D eigenvalue weighted by molar-refractivity contribution is 5.84. The molecule has 0 aromatic rings. The van der Waals surface area contributed by atoms with Crippen LogP contribution in [0.4, 0.5) is 13.2 Å². The number of rotatable bonds is 3. The van der Waals surface area contributed by atoms with E-state index >= 15 is 0 Å². The molecule has 0 radical (unpaired) electrons. The van der Waals surface area contributed by atoms with Gasteiger partial charge in [0.15, 0.2) is 5.41 Å². The van der Waals surface area contributed by atoms with Crippen LogP contribution in [0.2, 0.25) is 0 Å². The Morgan fingerprint density at radius 2 is 2.26 bits per heavy atom. The fraction of sp³-hybridized carbons (Fsp3) is 0.917. The van der Waals surface area contributed by atoms with E-state index in [1.54, 1.807) is 6.92 Å². The highest BCUT2D eigenvalue weighted by Crippen LogP contribution is 2.43. The first-order chi connectivity index (χ1) is 8.87. The lowest BCUT2D eigenvalue weighted by molar-refractivity contribution is -0.216. The summed E-state index contributed by atoms with van der Waals surface area (Å²) in [6.07, 6.45) is -3.94. The molecule has 0 aromatic heterocycles. The summed E-state index contributed by atoms with van der Waals surface area (Å²) < 4.78 is 44.7. The van der Waals surface area contributed by atoms with Crippen LogP contribution >= 0.6 is 0 Å². The van der Waals surface area contributed by atoms with Gasteiger partial charge in [-0.1, -0.05) is 0 Å². The molecule has 0 bridgehead atoms. The lowest BCUT2D eigenvalue weighted by Crippen LogP contribution is -2.55. The number of amides is 1. The number of nitrogens with one attached hydrogen (secondary N) is 2. The SMILES string of the molecule is CC(NC(=O)C1(C(F)(F)F)CCNC1)C1CCOC1. The summed E-state index contributed by atoms with van der Waals surface area (Å²) in [4.78, 5) is 12.1. The van der Waals surface area contributed by atoms with Crippen molar-refractivity contribution in [3.05, 3.63) is 0 Å². The quantitative estimate of drug-likeness (QED) is 0.813. The zero-order chi connectivity index (χ0) is 14.1. The van der Waals surface area contributed by atoms with Crippen molar-refractivity contribution in [2.24, 2.45) is 11.3 Å². The van der Waals surface area contributed by atoms with E-state index in [0.717, 1.165) is 6.42 Å². The number of hydrogen-bond acceptors (Lipinski definition) is 3. The Kier molecular flexibility index (Phi) is 4.06. The lowest BCUT2D eigenvalue weighted by Gasteiger charge is -2.31. The van der Waals surface area contributed by atoms with Gasteiger partial charge >= 0.3 is 6.18 Å². The summed E-state index contributed by atoms with van der Waals surface area (Å²) in [6.45, 7) is 2.73. The molecule has 110 valence electrons. The molecule has 2 fully saturated rings. The summed E-state index contributed by atoms with van der Waals surface area (Å²) in [5.41, 5.74) is -2.28. The van der Waals surface area contributed by atoms with Crippen molar-refractivity contribution in [2.75, 3.05) is 26.3 Å². The van der Waals surface area contributed by atoms with Gasteiger partial charge in [0.05, 0.1) is 6.61 Å². The van der Waals surface area contributed by atoms with E-state index in [0.29, 0.717) is 13.2 Å². The molecule has 1 amide bonds. The summed E-state index contributed by atoms with van der Waals surface area (Å²) in [6, 6.07) is -0.296. The maximum Gasteiger partial charge on any atom is 0.404 e. The van der Waals surface area contributed by atoms with Crippen LogP contribution in [0.3, 0.4) is 0 Å². The van der Waals surface area contributed by atoms with Gasteiger partial charge in [0.1, 0.15) is 0 Å². The fourth-order valence-corrected chi connectivity index (χ4v) is 2.67. The molecule has 0 saturated carbocycles. The second kappa shape index (κ2) is 5.28. The average molecular weight is 280 g/mol. The van der Waals surface area contributed by atoms with E-state index in [1.165, 1.54) is 0 Å². The predicted molar refractivity (Wildman–Crippen MR) is 62.5 cm³/mol. The molecule has 7 heteroatoms. The molecule has 3 atom stereocenters. The number of carbonyl (C=O) groups excluding carboxylic acids is 1. The molecule has 0 aromatic carbocycles. The van der Waals surface area contributed by atoms with Crippen LogP contribution in [0.1, 0.15) is 19.8 Å². The van der Waals surface area contributed by atoms with Gasteiger partial charge in [-0.3, -0.25) is 4.79 Å². The van der Waals surface area contributed by atoms with Crippen LogP contribution in [-0.2, 0) is 9.53 Å². The number of carbonyl (C=O) groups is 1. The minimum atomic E-state index is -4.52. The van der Waals surface area contributed by atoms with Gasteiger partial charge in [0.2, 0.25) is 5.91 Å². The molecule has 2 saturated heterocycles. The zero-order valence-electron chi connectivity index (χ0n) is 10.8. The molecule has 2 N–H and O–H groups in total. The monoisotopic (exact) mass is 280 g/mol. The van der Waals surface area contributed by atoms with Crippen molar-refractivity contribution >= 4 is 5.91 Å². The van der Waals surface area contributed by atoms with Crippen molar-refractivity contribution in [1.29, 1.82) is 0 Å². The van der Waals surface area contributed by atoms with Gasteiger partial charge in [-0.2, -0.15) is 13.2 Å². The minimum Gasteiger partial charge on any atom is -0.381 e. The van der Waals surface area contributed by atoms with Gasteiger partial charge in [-0.05, 0) is 26.3 Å². The summed E-state index contributed by atoms with van der Waals surface area (Å²) in [5, 5.41) is 5.17. The third-order valence-corrected chi connectivity index (χ3v) is 4.16. The number of alkyl halides is 3. The van der Waals surface area contributed by atoms with E-state index in [1.807, 2.05) is 0 Å². The topological polar surface area (TPSA) is 50.4 Å². The first-order valence-corrected chi connectivity index (χ1v) is 6.53. The van der Waals surface area contributed by atoms with Crippen LogP contribution in [0.25, 0.3) is 0 Å². The van der Waals surface area contributed by atoms with Crippen molar-refractivity contribution in [2.45, 2.75) is 32.0 Å². The number of ether oxygens (including phenoxy) is 1. The van der Waals surface area contributed by atoms with E-state index in [9.17, 15) is 18.0 Å². The average Bonchev–Trinajstić information content (AvgIpc) is 3.00. The van der Waals surface area contributed by atoms with Crippen LogP contribution in [-0.4, -0.2) is 44.4 Å². The highest BCUT2D eigenvalue weighted by atomic mass is 19.4. The third-order valence-electron chi connectivity index (χ3n) is 4.16. The van der Waals surface area contributed by atoms with E-state index in [2.05, 4.69) is 10.6 Å². The Hall–Kier alpha value is -0.820. The maximum atomic E-state index is 13.2. The van der Waals surface area contributed by atoms with Gasteiger partial charge in [0, 0.05) is 25.1 Å². The highest BCUT2D eigenvalue weighted by Gasteiger charge is 2.61. The number of halogens is 3. The van der Waals surface area contributed by atoms with E-state index in [-0.39, 0.29) is 31.5 Å². The van der Waals surface area contributed by atoms with Gasteiger partial charge in [-0.15, -0.1) is 0 Å². The molecule has 0 spiro atoms. The molecule has 3 unspecified atom stereocenters. The van der Waals surface area contributed by atoms with E-state index in [4.69, 9.17) is 4.74 Å². The lowest BCUT2D eigenvalue weighted by atomic mass is 9.84. The third kappa shape index (κ3) is 2.72. The Bertz CT molecular complexity index is 334. The Labute approximate surface area is 110 Å². The predicted octanol–water partition coefficient (Wildman–Crippen LogP) is 1.07. The maximum absolute atomic E-state index is 13.2. The van der Waals surface area contributed by atoms with Crippen molar-refractivity contribution in [3.8, 4) is 0 Å². The van der Waals surface area contributed by atoms with Crippen LogP contribution < -0.4 is 10.6 Å². The van der Waals surface area contributed by atoms with Crippen molar-refractivity contribution in [1.82, 2.24) is 10.6 Å². The van der Waals surface area contributed by atoms with Gasteiger partial charge < -0.3 is 15.4 Å². The first-order valence-electron chi connectivity index (χ1n) is 6.53. The van der Waals surface area contributed by atoms with Gasteiger partial charge in [0.25, 0.3) is 0 Å². The largest absolute Gasteiger partial charge is 0.404 e. The zero-order valence-corrected chi connectivity index (χ0v) is 10.8. The Balaban J connectivity index is 2.04. The van der Waals surface area contributed by atoms with Crippen LogP contribution in [0.5, 0.6) is 0 Å². The van der Waals surface area contributed by atoms with Crippen molar-refractivity contribution in [3.63, 3.8) is 0 Å². The first kappa shape index (κ1) is 14.6. The molecule has 2 rings (SSSR count).